The number of benzene rings is 2. The van der Waals surface area contributed by atoms with Gasteiger partial charge in [0.1, 0.15) is 11.4 Å². The zero-order valence-corrected chi connectivity index (χ0v) is 34.6. The van der Waals surface area contributed by atoms with E-state index in [2.05, 4.69) is 41.3 Å². The molecule has 0 aromatic heterocycles. The van der Waals surface area contributed by atoms with E-state index in [1.807, 2.05) is 55.4 Å². The van der Waals surface area contributed by atoms with E-state index < -0.39 is 9.85 Å². The highest BCUT2D eigenvalue weighted by atomic mass is 16.6. The maximum absolute atomic E-state index is 12.7. The molecule has 0 atom stereocenters. The molecule has 2 amide bonds. The molecular formula is C40H74N14O8. The van der Waals surface area contributed by atoms with Crippen LogP contribution in [0.25, 0.3) is 20.9 Å². The molecule has 62 heavy (non-hydrogen) atoms. The van der Waals surface area contributed by atoms with Gasteiger partial charge in [0, 0.05) is 84.7 Å². The first-order chi connectivity index (χ1) is 27.5. The second-order valence-electron chi connectivity index (χ2n) is 13.8. The van der Waals surface area contributed by atoms with Crippen LogP contribution in [0.3, 0.4) is 0 Å². The summed E-state index contributed by atoms with van der Waals surface area (Å²) in [5, 5.41) is 41.5. The fourth-order valence-corrected chi connectivity index (χ4v) is 4.93. The van der Waals surface area contributed by atoms with Gasteiger partial charge in [-0.3, -0.25) is 29.8 Å². The Morgan fingerprint density at radius 1 is 0.645 bits per heavy atom. The molecule has 0 saturated heterocycles. The Morgan fingerprint density at radius 2 is 0.984 bits per heavy atom. The first-order valence-corrected chi connectivity index (χ1v) is 18.9. The zero-order chi connectivity index (χ0) is 43.6. The molecule has 0 radical (unpaired) electrons. The van der Waals surface area contributed by atoms with Crippen LogP contribution in [0.15, 0.2) is 46.6 Å². The summed E-state index contributed by atoms with van der Waals surface area (Å²) < 4.78 is 11.0. The molecule has 2 rings (SSSR count). The van der Waals surface area contributed by atoms with Crippen molar-refractivity contribution in [2.45, 2.75) is 109 Å². The normalized spacial score (nSPS) is 10.0. The average Bonchev–Trinajstić information content (AvgIpc) is 3.15. The lowest BCUT2D eigenvalue weighted by molar-refractivity contribution is -0.384. The Kier molecular flexibility index (Phi) is 35.4. The Balaban J connectivity index is -0.000000510. The summed E-state index contributed by atoms with van der Waals surface area (Å²) in [5.74, 6) is -0.396. The monoisotopic (exact) mass is 879 g/mol. The maximum Gasteiger partial charge on any atom is 0.292 e. The van der Waals surface area contributed by atoms with Crippen LogP contribution < -0.4 is 21.3 Å². The lowest BCUT2D eigenvalue weighted by Crippen LogP contribution is -2.44. The third-order valence-corrected chi connectivity index (χ3v) is 7.74. The second-order valence-corrected chi connectivity index (χ2v) is 13.8. The Morgan fingerprint density at radius 3 is 1.27 bits per heavy atom. The summed E-state index contributed by atoms with van der Waals surface area (Å²) in [4.78, 5) is 55.2. The minimum atomic E-state index is -0.603. The number of ether oxygens (including phenoxy) is 2. The zero-order valence-electron chi connectivity index (χ0n) is 34.6. The van der Waals surface area contributed by atoms with Crippen LogP contribution in [0.1, 0.15) is 85.1 Å². The van der Waals surface area contributed by atoms with Crippen molar-refractivity contribution in [3.63, 3.8) is 0 Å². The molecule has 352 valence electrons. The minimum Gasteiger partial charge on any atom is -0.377 e. The van der Waals surface area contributed by atoms with Gasteiger partial charge in [-0.05, 0) is 50.9 Å². The van der Waals surface area contributed by atoms with E-state index in [9.17, 15) is 29.8 Å². The van der Waals surface area contributed by atoms with E-state index in [0.717, 1.165) is 6.07 Å². The van der Waals surface area contributed by atoms with Crippen molar-refractivity contribution >= 4 is 45.9 Å². The summed E-state index contributed by atoms with van der Waals surface area (Å²) >= 11 is 0. The molecule has 0 aliphatic heterocycles. The number of nitrogens with one attached hydrogen (secondary N) is 4. The Hall–Kier alpha value is -5.76. The highest BCUT2D eigenvalue weighted by Crippen LogP contribution is 2.30. The first kappa shape index (κ1) is 62.9. The van der Waals surface area contributed by atoms with Crippen LogP contribution in [0.4, 0.5) is 34.1 Å². The fourth-order valence-electron chi connectivity index (χ4n) is 4.93. The molecule has 0 aliphatic rings. The van der Waals surface area contributed by atoms with Crippen molar-refractivity contribution in [1.29, 1.82) is 0 Å². The largest absolute Gasteiger partial charge is 0.377 e. The van der Waals surface area contributed by atoms with Crippen molar-refractivity contribution in [2.75, 3.05) is 76.2 Å². The molecule has 0 unspecified atom stereocenters. The second kappa shape index (κ2) is 34.9. The average molecular weight is 879 g/mol. The van der Waals surface area contributed by atoms with Gasteiger partial charge in [0.05, 0.1) is 48.4 Å². The highest BCUT2D eigenvalue weighted by molar-refractivity contribution is 5.83. The number of hydrogen-bond acceptors (Lipinski definition) is 14. The van der Waals surface area contributed by atoms with Crippen LogP contribution in [0.5, 0.6) is 0 Å². The molecule has 22 heteroatoms. The van der Waals surface area contributed by atoms with Gasteiger partial charge in [0.25, 0.3) is 11.4 Å². The summed E-state index contributed by atoms with van der Waals surface area (Å²) in [6.07, 6.45) is 0.100. The lowest BCUT2D eigenvalue weighted by Gasteiger charge is -2.24. The number of nitro benzene ring substituents is 2. The Labute approximate surface area is 368 Å². The summed E-state index contributed by atoms with van der Waals surface area (Å²) in [6, 6.07) is 8.68. The van der Waals surface area contributed by atoms with E-state index in [1.165, 1.54) is 30.3 Å². The van der Waals surface area contributed by atoms with Crippen molar-refractivity contribution in [3.05, 3.63) is 77.5 Å². The van der Waals surface area contributed by atoms with E-state index in [-0.39, 0.29) is 101 Å². The van der Waals surface area contributed by atoms with E-state index >= 15 is 0 Å². The number of anilines is 2. The van der Waals surface area contributed by atoms with E-state index in [0.29, 0.717) is 64.6 Å². The van der Waals surface area contributed by atoms with Crippen molar-refractivity contribution in [2.24, 2.45) is 10.2 Å². The molecule has 0 bridgehead atoms. The van der Waals surface area contributed by atoms with Gasteiger partial charge in [0.15, 0.2) is 0 Å². The standard InChI is InChI=1S/C18H30N8O3.C18H28N6O5.4CH4/c1-13(2)20-7-9-25(10-8-21-14(3)4)18(27)12-22-16-6-5-15(23-24-19)11-17(16)26(28)29;1-13(2)28-9-7-23(8-10-29-14(3)4)18(25)12-20-16-6-5-15(21-22-19)11-17(16)24(26)27;;;;/h5-6,11,13-14,20-22H,7-10,12H2,1-4H3;5-6,11,13-14,20H,7-10,12H2,1-4H3;4*1H4. The van der Waals surface area contributed by atoms with Crippen LogP contribution in [0.2, 0.25) is 0 Å². The van der Waals surface area contributed by atoms with Gasteiger partial charge in [-0.15, -0.1) is 0 Å². The molecule has 22 nitrogen and oxygen atoms in total. The van der Waals surface area contributed by atoms with E-state index in [4.69, 9.17) is 20.5 Å². The molecule has 0 fully saturated rings. The molecule has 4 N–H and O–H groups in total. The third kappa shape index (κ3) is 26.5. The molecule has 0 saturated carbocycles. The molecule has 2 aromatic rings. The molecule has 0 spiro atoms. The lowest BCUT2D eigenvalue weighted by atomic mass is 10.2. The summed E-state index contributed by atoms with van der Waals surface area (Å²) in [7, 11) is 0. The van der Waals surface area contributed by atoms with Gasteiger partial charge < -0.3 is 40.5 Å². The summed E-state index contributed by atoms with van der Waals surface area (Å²) in [5.41, 5.74) is 17.0. The van der Waals surface area contributed by atoms with Gasteiger partial charge in [-0.1, -0.05) is 79.8 Å². The maximum atomic E-state index is 12.7. The first-order valence-electron chi connectivity index (χ1n) is 18.9. The van der Waals surface area contributed by atoms with Crippen LogP contribution in [0, 0.1) is 20.2 Å². The minimum absolute atomic E-state index is 0. The van der Waals surface area contributed by atoms with E-state index in [1.54, 1.807) is 9.80 Å². The van der Waals surface area contributed by atoms with Gasteiger partial charge in [-0.25, -0.2) is 0 Å². The SMILES string of the molecule is C.C.C.C.CC(C)NCCN(CCNC(C)C)C(=O)CNc1ccc(N=[N+]=[N-])cc1[N+](=O)[O-].CC(C)OCCN(CCOC(C)C)C(=O)CNc1ccc(N=[N+]=[N-])cc1[N+](=O)[O-]. The number of nitrogens with zero attached hydrogens (tertiary/aromatic N) is 10. The van der Waals surface area contributed by atoms with Crippen molar-refractivity contribution in [1.82, 2.24) is 20.4 Å². The number of carbonyl (C=O) groups excluding carboxylic acids is 2. The number of rotatable bonds is 26. The third-order valence-electron chi connectivity index (χ3n) is 7.74. The van der Waals surface area contributed by atoms with Gasteiger partial charge >= 0.3 is 0 Å². The van der Waals surface area contributed by atoms with Gasteiger partial charge in [0.2, 0.25) is 11.8 Å². The molecule has 0 heterocycles. The van der Waals surface area contributed by atoms with Crippen LogP contribution >= 0.6 is 0 Å². The van der Waals surface area contributed by atoms with Crippen molar-refractivity contribution in [3.8, 4) is 0 Å². The number of hydrogen-bond donors (Lipinski definition) is 4. The molecular weight excluding hydrogens is 805 g/mol. The predicted octanol–water partition coefficient (Wildman–Crippen LogP) is 8.94. The van der Waals surface area contributed by atoms with Crippen LogP contribution in [-0.2, 0) is 19.1 Å². The number of amides is 2. The molecule has 0 aliphatic carbocycles. The van der Waals surface area contributed by atoms with Gasteiger partial charge in [-0.2, -0.15) is 0 Å². The molecule has 2 aromatic carbocycles. The summed E-state index contributed by atoms with van der Waals surface area (Å²) in [6.45, 7) is 19.5. The van der Waals surface area contributed by atoms with Crippen LogP contribution in [-0.4, -0.2) is 121 Å². The highest BCUT2D eigenvalue weighted by Gasteiger charge is 2.20. The van der Waals surface area contributed by atoms with Crippen molar-refractivity contribution < 1.29 is 28.9 Å². The number of azide groups is 2. The smallest absolute Gasteiger partial charge is 0.292 e. The number of carbonyl (C=O) groups is 2. The predicted molar refractivity (Wildman–Crippen MR) is 249 cm³/mol. The Bertz CT molecular complexity index is 1560. The topological polar surface area (TPSA) is 291 Å². The fraction of sp³-hybridized carbons (Fsp3) is 0.650. The quantitative estimate of drug-likeness (QED) is 0.0226. The number of nitro groups is 2.